The lowest BCUT2D eigenvalue weighted by molar-refractivity contribution is -0.117. The zero-order chi connectivity index (χ0) is 24.9. The molecule has 0 aliphatic rings. The van der Waals surface area contributed by atoms with Gasteiger partial charge in [0.15, 0.2) is 0 Å². The monoisotopic (exact) mass is 467 g/mol. The van der Waals surface area contributed by atoms with Crippen molar-refractivity contribution in [3.8, 4) is 0 Å². The molecule has 0 saturated carbocycles. The molecule has 2 aromatic heterocycles. The van der Waals surface area contributed by atoms with E-state index in [2.05, 4.69) is 20.6 Å². The number of fused-ring (bicyclic) bond motifs is 1. The molecule has 1 unspecified atom stereocenters. The Morgan fingerprint density at radius 1 is 1.00 bits per heavy atom. The van der Waals surface area contributed by atoms with E-state index >= 15 is 0 Å². The molecule has 0 saturated heterocycles. The second-order valence-electron chi connectivity index (χ2n) is 8.17. The first-order valence-corrected chi connectivity index (χ1v) is 11.0. The summed E-state index contributed by atoms with van der Waals surface area (Å²) < 4.78 is 0. The number of carbonyl (C=O) groups is 3. The van der Waals surface area contributed by atoms with Crippen LogP contribution in [-0.2, 0) is 14.4 Å². The number of aromatic amines is 1. The maximum Gasteiger partial charge on any atom is 0.249 e. The number of aromatic nitrogens is 2. The number of nitrogens with one attached hydrogen (secondary N) is 3. The molecule has 0 bridgehead atoms. The van der Waals surface area contributed by atoms with Crippen LogP contribution in [0.2, 0.25) is 0 Å². The summed E-state index contributed by atoms with van der Waals surface area (Å²) in [5.41, 5.74) is 10.1. The van der Waals surface area contributed by atoms with Crippen LogP contribution in [-0.4, -0.2) is 27.7 Å². The minimum atomic E-state index is -0.540. The highest BCUT2D eigenvalue weighted by atomic mass is 16.2. The summed E-state index contributed by atoms with van der Waals surface area (Å²) in [6.07, 6.45) is 5.03. The van der Waals surface area contributed by atoms with Crippen LogP contribution in [0.3, 0.4) is 0 Å². The number of rotatable bonds is 7. The van der Waals surface area contributed by atoms with Crippen molar-refractivity contribution in [1.82, 2.24) is 9.97 Å². The summed E-state index contributed by atoms with van der Waals surface area (Å²) >= 11 is 0. The van der Waals surface area contributed by atoms with Gasteiger partial charge in [-0.2, -0.15) is 0 Å². The lowest BCUT2D eigenvalue weighted by Gasteiger charge is -2.13. The molecule has 2 aromatic carbocycles. The van der Waals surface area contributed by atoms with E-state index < -0.39 is 11.8 Å². The number of H-pyrrole nitrogens is 1. The van der Waals surface area contributed by atoms with E-state index in [1.165, 1.54) is 6.92 Å². The van der Waals surface area contributed by atoms with E-state index in [1.807, 2.05) is 30.3 Å². The predicted molar refractivity (Wildman–Crippen MR) is 137 cm³/mol. The number of primary amides is 1. The number of pyridine rings is 1. The first kappa shape index (κ1) is 23.4. The first-order valence-electron chi connectivity index (χ1n) is 11.0. The largest absolute Gasteiger partial charge is 0.366 e. The minimum Gasteiger partial charge on any atom is -0.366 e. The number of benzene rings is 2. The molecule has 4 rings (SSSR count). The summed E-state index contributed by atoms with van der Waals surface area (Å²) in [5, 5.41) is 6.35. The quantitative estimate of drug-likeness (QED) is 0.302. The Morgan fingerprint density at radius 2 is 1.71 bits per heavy atom. The Kier molecular flexibility index (Phi) is 6.73. The van der Waals surface area contributed by atoms with Crippen molar-refractivity contribution in [2.24, 2.45) is 5.73 Å². The van der Waals surface area contributed by atoms with Crippen LogP contribution in [0.15, 0.2) is 73.1 Å². The fourth-order valence-electron chi connectivity index (χ4n) is 3.74. The third-order valence-electron chi connectivity index (χ3n) is 5.61. The summed E-state index contributed by atoms with van der Waals surface area (Å²) in [7, 11) is 0. The highest BCUT2D eigenvalue weighted by Crippen LogP contribution is 2.26. The molecule has 176 valence electrons. The van der Waals surface area contributed by atoms with Gasteiger partial charge in [0.1, 0.15) is 5.65 Å². The van der Waals surface area contributed by atoms with Crippen molar-refractivity contribution in [2.45, 2.75) is 19.8 Å². The van der Waals surface area contributed by atoms with Crippen molar-refractivity contribution < 1.29 is 14.4 Å². The molecule has 35 heavy (non-hydrogen) atoms. The molecule has 2 heterocycles. The van der Waals surface area contributed by atoms with E-state index in [1.54, 1.807) is 55.7 Å². The number of nitrogens with two attached hydrogens (primary N) is 1. The van der Waals surface area contributed by atoms with Crippen LogP contribution in [0.5, 0.6) is 0 Å². The van der Waals surface area contributed by atoms with Gasteiger partial charge in [-0.25, -0.2) is 4.98 Å². The normalized spacial score (nSPS) is 12.2. The van der Waals surface area contributed by atoms with Crippen LogP contribution >= 0.6 is 0 Å². The third-order valence-corrected chi connectivity index (χ3v) is 5.61. The molecule has 4 aromatic rings. The fraction of sp³-hybridized carbons (Fsp3) is 0.111. The second kappa shape index (κ2) is 10.0. The van der Waals surface area contributed by atoms with Gasteiger partial charge in [0.25, 0.3) is 0 Å². The molecule has 0 aliphatic carbocycles. The van der Waals surface area contributed by atoms with Gasteiger partial charge in [-0.3, -0.25) is 14.4 Å². The number of carbonyl (C=O) groups excluding carboxylic acids is 3. The molecule has 0 radical (unpaired) electrons. The zero-order valence-corrected chi connectivity index (χ0v) is 19.3. The summed E-state index contributed by atoms with van der Waals surface area (Å²) in [6, 6.07) is 18.1. The van der Waals surface area contributed by atoms with Gasteiger partial charge in [0.05, 0.1) is 17.8 Å². The van der Waals surface area contributed by atoms with E-state index in [0.717, 1.165) is 16.5 Å². The number of amides is 3. The number of anilines is 2. The fourth-order valence-corrected chi connectivity index (χ4v) is 3.74. The third kappa shape index (κ3) is 5.44. The molecule has 0 spiro atoms. The Morgan fingerprint density at radius 3 is 2.37 bits per heavy atom. The van der Waals surface area contributed by atoms with Crippen molar-refractivity contribution in [1.29, 1.82) is 0 Å². The van der Waals surface area contributed by atoms with Crippen molar-refractivity contribution in [2.75, 3.05) is 10.6 Å². The molecule has 8 nitrogen and oxygen atoms in total. The first-order chi connectivity index (χ1) is 16.8. The molecule has 8 heteroatoms. The lowest BCUT2D eigenvalue weighted by atomic mass is 10.00. The van der Waals surface area contributed by atoms with Crippen LogP contribution < -0.4 is 16.4 Å². The van der Waals surface area contributed by atoms with Gasteiger partial charge >= 0.3 is 0 Å². The van der Waals surface area contributed by atoms with Crippen molar-refractivity contribution >= 4 is 51.8 Å². The summed E-state index contributed by atoms with van der Waals surface area (Å²) in [4.78, 5) is 43.7. The Labute approximate surface area is 202 Å². The van der Waals surface area contributed by atoms with Gasteiger partial charge in [-0.05, 0) is 42.3 Å². The number of nitrogens with zero attached hydrogens (tertiary/aromatic N) is 1. The maximum absolute atomic E-state index is 12.9. The number of hydrogen-bond acceptors (Lipinski definition) is 4. The minimum absolute atomic E-state index is 0.155. The Hall–Kier alpha value is -4.72. The molecule has 3 amide bonds. The van der Waals surface area contributed by atoms with E-state index in [4.69, 9.17) is 5.73 Å². The van der Waals surface area contributed by atoms with E-state index in [9.17, 15) is 14.4 Å². The van der Waals surface area contributed by atoms with Crippen LogP contribution in [0.4, 0.5) is 11.4 Å². The molecule has 0 fully saturated rings. The summed E-state index contributed by atoms with van der Waals surface area (Å²) in [5.74, 6) is -1.33. The Bertz CT molecular complexity index is 1420. The average Bonchev–Trinajstić information content (AvgIpc) is 3.24. The van der Waals surface area contributed by atoms with Crippen molar-refractivity contribution in [3.05, 3.63) is 89.7 Å². The maximum atomic E-state index is 12.9. The SMILES string of the molecule is CC(=O)Nc1ccc(C(C)C(=O)Nc2cnc3[nH]cc(C=C(C(N)=O)c4ccccc4)c3c2)cc1. The lowest BCUT2D eigenvalue weighted by Crippen LogP contribution is -2.19. The molecule has 1 atom stereocenters. The topological polar surface area (TPSA) is 130 Å². The van der Waals surface area contributed by atoms with Crippen LogP contribution in [0.1, 0.15) is 36.5 Å². The molecule has 0 aliphatic heterocycles. The highest BCUT2D eigenvalue weighted by molar-refractivity contribution is 6.24. The molecule has 5 N–H and O–H groups in total. The second-order valence-corrected chi connectivity index (χ2v) is 8.17. The zero-order valence-electron chi connectivity index (χ0n) is 19.3. The van der Waals surface area contributed by atoms with Gasteiger partial charge in [-0.1, -0.05) is 42.5 Å². The van der Waals surface area contributed by atoms with E-state index in [-0.39, 0.29) is 11.8 Å². The molecular weight excluding hydrogens is 442 g/mol. The molecular formula is C27H25N5O3. The van der Waals surface area contributed by atoms with Crippen LogP contribution in [0, 0.1) is 0 Å². The van der Waals surface area contributed by atoms with Gasteiger partial charge in [-0.15, -0.1) is 0 Å². The predicted octanol–water partition coefficient (Wildman–Crippen LogP) is 4.29. The average molecular weight is 468 g/mol. The standard InChI is InChI=1S/C27H25N5O3/c1-16(18-8-10-21(11-9-18)31-17(2)33)27(35)32-22-13-24-20(14-29-26(24)30-15-22)12-23(25(28)34)19-6-4-3-5-7-19/h3-16H,1-2H3,(H2,28,34)(H,29,30)(H,31,33)(H,32,35). The van der Waals surface area contributed by atoms with Gasteiger partial charge in [0.2, 0.25) is 17.7 Å². The summed E-state index contributed by atoms with van der Waals surface area (Å²) in [6.45, 7) is 3.25. The number of hydrogen-bond donors (Lipinski definition) is 4. The Balaban J connectivity index is 1.57. The van der Waals surface area contributed by atoms with E-state index in [0.29, 0.717) is 28.2 Å². The van der Waals surface area contributed by atoms with Crippen molar-refractivity contribution in [3.63, 3.8) is 0 Å². The van der Waals surface area contributed by atoms with Gasteiger partial charge in [0, 0.05) is 35.3 Å². The smallest absolute Gasteiger partial charge is 0.249 e. The highest BCUT2D eigenvalue weighted by Gasteiger charge is 2.17. The van der Waals surface area contributed by atoms with Gasteiger partial charge < -0.3 is 21.4 Å². The van der Waals surface area contributed by atoms with Crippen LogP contribution in [0.25, 0.3) is 22.7 Å².